The molecule has 1 heterocycles. The Morgan fingerprint density at radius 1 is 1.25 bits per heavy atom. The van der Waals surface area contributed by atoms with Crippen molar-refractivity contribution in [2.75, 3.05) is 12.4 Å². The second kappa shape index (κ2) is 9.08. The molecule has 2 rings (SSSR count). The molecule has 0 atom stereocenters. The van der Waals surface area contributed by atoms with Crippen LogP contribution in [-0.2, 0) is 9.53 Å². The van der Waals surface area contributed by atoms with Crippen LogP contribution in [-0.4, -0.2) is 28.7 Å². The molecule has 3 N–H and O–H groups in total. The lowest BCUT2D eigenvalue weighted by Gasteiger charge is -2.24. The van der Waals surface area contributed by atoms with Crippen LogP contribution < -0.4 is 10.6 Å². The molecule has 0 radical (unpaired) electrons. The first kappa shape index (κ1) is 21.0. The Hall–Kier alpha value is -3.28. The summed E-state index contributed by atoms with van der Waals surface area (Å²) in [7, 11) is 1.84. The highest BCUT2D eigenvalue weighted by atomic mass is 16.5. The molecule has 0 amide bonds. The van der Waals surface area contributed by atoms with E-state index < -0.39 is 11.6 Å². The molecular weight excluding hydrogens is 354 g/mol. The molecule has 6 heteroatoms. The van der Waals surface area contributed by atoms with E-state index in [4.69, 9.17) is 4.74 Å². The number of ether oxygens (including phenoxy) is 1. The molecule has 6 nitrogen and oxygen atoms in total. The number of nitrogens with one attached hydrogen (secondary N) is 2. The van der Waals surface area contributed by atoms with E-state index in [1.165, 1.54) is 13.8 Å². The molecule has 0 spiro atoms. The van der Waals surface area contributed by atoms with Gasteiger partial charge in [0.1, 0.15) is 11.6 Å². The maximum absolute atomic E-state index is 11.4. The predicted octanol–water partition coefficient (Wildman–Crippen LogP) is 4.24. The normalized spacial score (nSPS) is 17.9. The first-order chi connectivity index (χ1) is 13.2. The quantitative estimate of drug-likeness (QED) is 0.655. The minimum Gasteiger partial charge on any atom is -0.478 e. The maximum atomic E-state index is 11.4. The number of hydrogen-bond acceptors (Lipinski definition) is 5. The topological polar surface area (TPSA) is 83.5 Å². The highest BCUT2D eigenvalue weighted by Crippen LogP contribution is 2.26. The van der Waals surface area contributed by atoms with Crippen LogP contribution in [0.2, 0.25) is 0 Å². The monoisotopic (exact) mass is 381 g/mol. The lowest BCUT2D eigenvalue weighted by Crippen LogP contribution is -2.34. The summed E-state index contributed by atoms with van der Waals surface area (Å²) in [5, 5.41) is 15.5. The average molecular weight is 381 g/mol. The third-order valence-electron chi connectivity index (χ3n) is 4.01. The second-order valence-electron chi connectivity index (χ2n) is 6.93. The molecule has 28 heavy (non-hydrogen) atoms. The summed E-state index contributed by atoms with van der Waals surface area (Å²) < 4.78 is 5.74. The van der Waals surface area contributed by atoms with Crippen molar-refractivity contribution in [2.24, 2.45) is 0 Å². The summed E-state index contributed by atoms with van der Waals surface area (Å²) in [4.78, 5) is 16.1. The zero-order valence-corrected chi connectivity index (χ0v) is 16.9. The summed E-state index contributed by atoms with van der Waals surface area (Å²) in [5.41, 5.74) is 2.13. The van der Waals surface area contributed by atoms with Gasteiger partial charge in [0.25, 0.3) is 0 Å². The molecule has 0 bridgehead atoms. The summed E-state index contributed by atoms with van der Waals surface area (Å²) in [6, 6.07) is 5.76. The van der Waals surface area contributed by atoms with Crippen molar-refractivity contribution in [3.8, 4) is 0 Å². The number of aromatic nitrogens is 1. The number of carboxylic acid groups (broad SMARTS) is 1. The van der Waals surface area contributed by atoms with Gasteiger partial charge in [0, 0.05) is 24.5 Å². The average Bonchev–Trinajstić information content (AvgIpc) is 2.61. The van der Waals surface area contributed by atoms with Crippen LogP contribution in [0.15, 0.2) is 71.8 Å². The first-order valence-electron chi connectivity index (χ1n) is 9.01. The van der Waals surface area contributed by atoms with Crippen molar-refractivity contribution in [1.29, 1.82) is 0 Å². The molecule has 0 saturated carbocycles. The molecule has 0 unspecified atom stereocenters. The van der Waals surface area contributed by atoms with Gasteiger partial charge in [-0.15, -0.1) is 0 Å². The highest BCUT2D eigenvalue weighted by Gasteiger charge is 2.30. The van der Waals surface area contributed by atoms with E-state index in [1.807, 2.05) is 69.6 Å². The fourth-order valence-corrected chi connectivity index (χ4v) is 2.50. The van der Waals surface area contributed by atoms with Gasteiger partial charge < -0.3 is 20.5 Å². The first-order valence-corrected chi connectivity index (χ1v) is 9.01. The van der Waals surface area contributed by atoms with Crippen molar-refractivity contribution in [1.82, 2.24) is 10.3 Å². The van der Waals surface area contributed by atoms with Gasteiger partial charge >= 0.3 is 5.97 Å². The number of nitrogens with zero attached hydrogens (tertiary/aromatic N) is 1. The lowest BCUT2D eigenvalue weighted by atomic mass is 10.0. The van der Waals surface area contributed by atoms with E-state index in [2.05, 4.69) is 15.6 Å². The molecule has 148 valence electrons. The SMILES string of the molecule is CN/C=C(\C)Nc1cccc(C2=C/C=C/C=C(/OC(C)(C)C(=O)O)C(C)=C2)n1. The van der Waals surface area contributed by atoms with E-state index >= 15 is 0 Å². The van der Waals surface area contributed by atoms with Crippen molar-refractivity contribution >= 4 is 17.4 Å². The van der Waals surface area contributed by atoms with Gasteiger partial charge in [0.15, 0.2) is 5.60 Å². The number of carbonyl (C=O) groups is 1. The molecule has 0 aliphatic heterocycles. The van der Waals surface area contributed by atoms with Crippen molar-refractivity contribution in [3.63, 3.8) is 0 Å². The van der Waals surface area contributed by atoms with Crippen molar-refractivity contribution in [3.05, 3.63) is 77.5 Å². The van der Waals surface area contributed by atoms with Gasteiger partial charge in [-0.05, 0) is 57.6 Å². The van der Waals surface area contributed by atoms with Crippen LogP contribution >= 0.6 is 0 Å². The number of hydrogen-bond donors (Lipinski definition) is 3. The van der Waals surface area contributed by atoms with Crippen LogP contribution in [0.5, 0.6) is 0 Å². The minimum absolute atomic E-state index is 0.510. The van der Waals surface area contributed by atoms with Gasteiger partial charge in [-0.25, -0.2) is 9.78 Å². The molecule has 1 aromatic rings. The smallest absolute Gasteiger partial charge is 0.347 e. The zero-order valence-electron chi connectivity index (χ0n) is 16.9. The Bertz CT molecular complexity index is 890. The molecule has 0 fully saturated rings. The second-order valence-corrected chi connectivity index (χ2v) is 6.93. The number of allylic oxidation sites excluding steroid dienone is 8. The molecule has 1 aliphatic carbocycles. The lowest BCUT2D eigenvalue weighted by molar-refractivity contribution is -0.156. The maximum Gasteiger partial charge on any atom is 0.347 e. The Morgan fingerprint density at radius 3 is 2.64 bits per heavy atom. The highest BCUT2D eigenvalue weighted by molar-refractivity contribution is 5.77. The van der Waals surface area contributed by atoms with Crippen LogP contribution in [0.1, 0.15) is 33.4 Å². The van der Waals surface area contributed by atoms with E-state index in [9.17, 15) is 9.90 Å². The molecule has 1 aliphatic rings. The van der Waals surface area contributed by atoms with Gasteiger partial charge in [0.2, 0.25) is 0 Å². The minimum atomic E-state index is -1.32. The number of aliphatic carboxylic acids is 1. The number of rotatable bonds is 7. The number of anilines is 1. The standard InChI is InChI=1S/C22H27N3O3/c1-15-13-17(9-6-7-11-19(15)28-22(3,4)21(26)27)18-10-8-12-20(25-18)24-16(2)14-23-5/h6-14,23H,1-5H3,(H,24,25)(H,26,27)/b7-6+,9-6?,11-7?,15-13?,16-14+,17-9?,17-13?,19-11+,19-15?. The van der Waals surface area contributed by atoms with Crippen LogP contribution in [0.4, 0.5) is 5.82 Å². The molecular formula is C22H27N3O3. The molecule has 0 aromatic carbocycles. The third-order valence-corrected chi connectivity index (χ3v) is 4.01. The van der Waals surface area contributed by atoms with Crippen LogP contribution in [0.25, 0.3) is 5.57 Å². The fourth-order valence-electron chi connectivity index (χ4n) is 2.50. The Kier molecular flexibility index (Phi) is 6.82. The number of carboxylic acids is 1. The fraction of sp³-hybridized carbons (Fsp3) is 0.273. The largest absolute Gasteiger partial charge is 0.478 e. The Labute approximate surface area is 166 Å². The van der Waals surface area contributed by atoms with Crippen molar-refractivity contribution < 1.29 is 14.6 Å². The predicted molar refractivity (Wildman–Crippen MR) is 112 cm³/mol. The van der Waals surface area contributed by atoms with E-state index in [1.54, 1.807) is 6.08 Å². The van der Waals surface area contributed by atoms with Gasteiger partial charge in [-0.3, -0.25) is 0 Å². The van der Waals surface area contributed by atoms with E-state index in [-0.39, 0.29) is 0 Å². The summed E-state index contributed by atoms with van der Waals surface area (Å²) in [6.07, 6.45) is 11.2. The number of pyridine rings is 1. The summed E-state index contributed by atoms with van der Waals surface area (Å²) in [5.74, 6) is 0.225. The van der Waals surface area contributed by atoms with Crippen LogP contribution in [0, 0.1) is 0 Å². The van der Waals surface area contributed by atoms with E-state index in [0.717, 1.165) is 28.4 Å². The van der Waals surface area contributed by atoms with Crippen molar-refractivity contribution in [2.45, 2.75) is 33.3 Å². The van der Waals surface area contributed by atoms with Crippen LogP contribution in [0.3, 0.4) is 0 Å². The summed E-state index contributed by atoms with van der Waals surface area (Å²) in [6.45, 7) is 6.89. The van der Waals surface area contributed by atoms with Gasteiger partial charge in [-0.2, -0.15) is 0 Å². The Balaban J connectivity index is 2.31. The van der Waals surface area contributed by atoms with Gasteiger partial charge in [-0.1, -0.05) is 24.3 Å². The molecule has 1 aromatic heterocycles. The van der Waals surface area contributed by atoms with E-state index in [0.29, 0.717) is 5.76 Å². The van der Waals surface area contributed by atoms with Gasteiger partial charge in [0.05, 0.1) is 5.69 Å². The zero-order chi connectivity index (χ0) is 20.7. The molecule has 0 saturated heterocycles. The third kappa shape index (κ3) is 5.61. The summed E-state index contributed by atoms with van der Waals surface area (Å²) >= 11 is 0. The Morgan fingerprint density at radius 2 is 1.96 bits per heavy atom.